The summed E-state index contributed by atoms with van der Waals surface area (Å²) in [5.41, 5.74) is 5.28. The second-order valence-corrected chi connectivity index (χ2v) is 11.4. The molecule has 2 N–H and O–H groups in total. The van der Waals surface area contributed by atoms with Gasteiger partial charge in [0, 0.05) is 49.7 Å². The lowest BCUT2D eigenvalue weighted by Crippen LogP contribution is -2.46. The number of nitrogens with two attached hydrogens (primary N) is 1. The lowest BCUT2D eigenvalue weighted by Gasteiger charge is -2.37. The summed E-state index contributed by atoms with van der Waals surface area (Å²) in [5, 5.41) is 1.73. The van der Waals surface area contributed by atoms with Gasteiger partial charge in [0.2, 0.25) is 0 Å². The van der Waals surface area contributed by atoms with Crippen LogP contribution >= 0.6 is 11.6 Å². The van der Waals surface area contributed by atoms with Gasteiger partial charge in [-0.25, -0.2) is 4.79 Å². The predicted octanol–water partition coefficient (Wildman–Crippen LogP) is 4.18. The smallest absolute Gasteiger partial charge is 0.410 e. The number of carbonyl (C=O) groups excluding carboxylic acids is 1. The van der Waals surface area contributed by atoms with Crippen molar-refractivity contribution in [3.05, 3.63) is 69.9 Å². The molecular formula is C30H41ClN6O2. The molecule has 1 fully saturated rings. The van der Waals surface area contributed by atoms with E-state index in [1.165, 1.54) is 12.0 Å². The molecule has 3 heterocycles. The molecule has 9 heteroatoms. The van der Waals surface area contributed by atoms with Crippen LogP contribution in [0.3, 0.4) is 0 Å². The van der Waals surface area contributed by atoms with Crippen LogP contribution < -0.4 is 5.84 Å². The van der Waals surface area contributed by atoms with Crippen LogP contribution in [0.25, 0.3) is 10.9 Å². The monoisotopic (exact) mass is 552 g/mol. The van der Waals surface area contributed by atoms with Crippen molar-refractivity contribution in [2.45, 2.75) is 32.4 Å². The van der Waals surface area contributed by atoms with Crippen LogP contribution in [0.15, 0.2) is 42.5 Å². The third-order valence-electron chi connectivity index (χ3n) is 8.01. The highest BCUT2D eigenvalue weighted by atomic mass is 35.5. The van der Waals surface area contributed by atoms with Crippen molar-refractivity contribution in [2.75, 3.05) is 72.4 Å². The first kappa shape index (κ1) is 27.8. The number of aromatic nitrogens is 1. The van der Waals surface area contributed by atoms with Crippen LogP contribution in [0.5, 0.6) is 0 Å². The number of piperazine rings is 1. The first-order valence-corrected chi connectivity index (χ1v) is 14.4. The minimum atomic E-state index is -0.336. The number of amides is 1. The molecular weight excluding hydrogens is 512 g/mol. The Bertz CT molecular complexity index is 1300. The van der Waals surface area contributed by atoms with Gasteiger partial charge >= 0.3 is 6.09 Å². The summed E-state index contributed by atoms with van der Waals surface area (Å²) in [5.74, 6) is 6.70. The number of fused-ring (bicyclic) bond motifs is 3. The number of hydrogen-bond acceptors (Lipinski definition) is 6. The zero-order valence-electron chi connectivity index (χ0n) is 23.4. The van der Waals surface area contributed by atoms with Crippen molar-refractivity contribution in [1.82, 2.24) is 24.3 Å². The Kier molecular flexibility index (Phi) is 8.67. The molecule has 1 saturated heterocycles. The van der Waals surface area contributed by atoms with Crippen molar-refractivity contribution in [1.29, 1.82) is 0 Å². The van der Waals surface area contributed by atoms with Crippen molar-refractivity contribution in [3.8, 4) is 0 Å². The summed E-state index contributed by atoms with van der Waals surface area (Å²) in [4.78, 5) is 22.3. The van der Waals surface area contributed by atoms with E-state index in [1.807, 2.05) is 30.0 Å². The standard InChI is InChI=1S/C30H41ClN6O2/c1-4-39-30(38)36-14-11-25-26-20-24(31)9-10-27(26)37(32)29(25)28(36)23-8-5-7-22(19-23)21-35-17-15-34(16-18-35)13-6-12-33(2)3/h5,7-10,19-20,28H,4,6,11-18,21,32H2,1-3H3. The van der Waals surface area contributed by atoms with Gasteiger partial charge in [0.15, 0.2) is 0 Å². The highest BCUT2D eigenvalue weighted by Gasteiger charge is 2.37. The van der Waals surface area contributed by atoms with E-state index in [1.54, 1.807) is 4.68 Å². The molecule has 2 aromatic carbocycles. The molecule has 0 radical (unpaired) electrons. The van der Waals surface area contributed by atoms with Crippen molar-refractivity contribution in [2.24, 2.45) is 0 Å². The Morgan fingerprint density at radius 2 is 1.85 bits per heavy atom. The maximum absolute atomic E-state index is 13.1. The van der Waals surface area contributed by atoms with Gasteiger partial charge in [0.1, 0.15) is 6.04 Å². The number of carbonyl (C=O) groups is 1. The van der Waals surface area contributed by atoms with Crippen LogP contribution in [0.1, 0.15) is 41.8 Å². The zero-order chi connectivity index (χ0) is 27.5. The van der Waals surface area contributed by atoms with E-state index in [-0.39, 0.29) is 12.1 Å². The molecule has 0 saturated carbocycles. The SMILES string of the molecule is CCOC(=O)N1CCc2c(n(N)c3ccc(Cl)cc23)C1c1cccc(CN2CCN(CCCN(C)C)CC2)c1. The molecule has 2 aliphatic rings. The average molecular weight is 553 g/mol. The first-order valence-electron chi connectivity index (χ1n) is 14.0. The molecule has 5 rings (SSSR count). The molecule has 1 aromatic heterocycles. The number of nitrogens with zero attached hydrogens (tertiary/aromatic N) is 5. The fourth-order valence-corrected chi connectivity index (χ4v) is 6.26. The summed E-state index contributed by atoms with van der Waals surface area (Å²) >= 11 is 6.36. The van der Waals surface area contributed by atoms with E-state index in [0.717, 1.165) is 73.5 Å². The molecule has 8 nitrogen and oxygen atoms in total. The lowest BCUT2D eigenvalue weighted by molar-refractivity contribution is 0.0926. The van der Waals surface area contributed by atoms with Crippen molar-refractivity contribution < 1.29 is 9.53 Å². The Morgan fingerprint density at radius 3 is 2.59 bits per heavy atom. The second-order valence-electron chi connectivity index (χ2n) is 11.0. The predicted molar refractivity (Wildman–Crippen MR) is 158 cm³/mol. The van der Waals surface area contributed by atoms with Gasteiger partial charge in [-0.2, -0.15) is 0 Å². The van der Waals surface area contributed by atoms with Crippen molar-refractivity contribution >= 4 is 28.6 Å². The van der Waals surface area contributed by atoms with E-state index in [4.69, 9.17) is 22.2 Å². The normalized spacial score (nSPS) is 18.6. The van der Waals surface area contributed by atoms with Gasteiger partial charge in [-0.15, -0.1) is 0 Å². The van der Waals surface area contributed by atoms with Gasteiger partial charge in [-0.05, 0) is 81.8 Å². The molecule has 0 bridgehead atoms. The third-order valence-corrected chi connectivity index (χ3v) is 8.24. The van der Waals surface area contributed by atoms with Gasteiger partial charge in [-0.1, -0.05) is 35.9 Å². The topological polar surface area (TPSA) is 70.2 Å². The molecule has 210 valence electrons. The Morgan fingerprint density at radius 1 is 1.08 bits per heavy atom. The molecule has 2 aliphatic heterocycles. The molecule has 1 amide bonds. The number of nitrogen functional groups attached to an aromatic ring is 1. The van der Waals surface area contributed by atoms with E-state index in [2.05, 4.69) is 53.1 Å². The minimum Gasteiger partial charge on any atom is -0.450 e. The zero-order valence-corrected chi connectivity index (χ0v) is 24.2. The van der Waals surface area contributed by atoms with Crippen LogP contribution in [0.4, 0.5) is 4.79 Å². The van der Waals surface area contributed by atoms with Crippen molar-refractivity contribution in [3.63, 3.8) is 0 Å². The molecule has 1 atom stereocenters. The van der Waals surface area contributed by atoms with Gasteiger partial charge < -0.3 is 20.4 Å². The van der Waals surface area contributed by atoms with Gasteiger partial charge in [0.25, 0.3) is 0 Å². The Balaban J connectivity index is 1.39. The Labute approximate surface area is 236 Å². The van der Waals surface area contributed by atoms with E-state index >= 15 is 0 Å². The summed E-state index contributed by atoms with van der Waals surface area (Å²) in [6.45, 7) is 10.2. The van der Waals surface area contributed by atoms with E-state index in [9.17, 15) is 4.79 Å². The largest absolute Gasteiger partial charge is 0.450 e. The van der Waals surface area contributed by atoms with E-state index < -0.39 is 0 Å². The molecule has 3 aromatic rings. The molecule has 0 aliphatic carbocycles. The number of rotatable bonds is 8. The fourth-order valence-electron chi connectivity index (χ4n) is 6.08. The van der Waals surface area contributed by atoms with Crippen LogP contribution in [0.2, 0.25) is 5.02 Å². The number of ether oxygens (including phenoxy) is 1. The Hall–Kier alpha value is -2.78. The summed E-state index contributed by atoms with van der Waals surface area (Å²) in [7, 11) is 4.27. The molecule has 1 unspecified atom stereocenters. The average Bonchev–Trinajstić information content (AvgIpc) is 3.20. The summed E-state index contributed by atoms with van der Waals surface area (Å²) < 4.78 is 7.22. The summed E-state index contributed by atoms with van der Waals surface area (Å²) in [6.07, 6.45) is 1.59. The first-order chi connectivity index (χ1) is 18.9. The highest BCUT2D eigenvalue weighted by Crippen LogP contribution is 2.40. The number of hydrogen-bond donors (Lipinski definition) is 1. The van der Waals surface area contributed by atoms with Crippen LogP contribution in [-0.4, -0.2) is 96.9 Å². The fraction of sp³-hybridized carbons (Fsp3) is 0.500. The third kappa shape index (κ3) is 6.04. The maximum Gasteiger partial charge on any atom is 0.410 e. The van der Waals surface area contributed by atoms with Gasteiger partial charge in [-0.3, -0.25) is 14.5 Å². The number of benzene rings is 2. The van der Waals surface area contributed by atoms with Crippen LogP contribution in [-0.2, 0) is 17.7 Å². The molecule has 39 heavy (non-hydrogen) atoms. The van der Waals surface area contributed by atoms with E-state index in [0.29, 0.717) is 24.6 Å². The lowest BCUT2D eigenvalue weighted by atomic mass is 9.91. The molecule has 0 spiro atoms. The second kappa shape index (κ2) is 12.2. The summed E-state index contributed by atoms with van der Waals surface area (Å²) in [6, 6.07) is 14.1. The minimum absolute atomic E-state index is 0.313. The highest BCUT2D eigenvalue weighted by molar-refractivity contribution is 6.31. The quantitative estimate of drug-likeness (QED) is 0.423. The van der Waals surface area contributed by atoms with Gasteiger partial charge in [0.05, 0.1) is 17.8 Å². The van der Waals surface area contributed by atoms with Crippen LogP contribution in [0, 0.1) is 0 Å². The number of halogens is 1. The maximum atomic E-state index is 13.1.